The van der Waals surface area contributed by atoms with Gasteiger partial charge >= 0.3 is 0 Å². The first-order chi connectivity index (χ1) is 13.3. The Hall–Kier alpha value is -2.74. The average molecular weight is 383 g/mol. The summed E-state index contributed by atoms with van der Waals surface area (Å²) in [7, 11) is 1.61. The quantitative estimate of drug-likeness (QED) is 0.673. The summed E-state index contributed by atoms with van der Waals surface area (Å²) in [4.78, 5) is 8.69. The van der Waals surface area contributed by atoms with E-state index in [1.54, 1.807) is 19.5 Å². The first-order valence-corrected chi connectivity index (χ1v) is 9.85. The molecule has 4 rings (SSSR count). The van der Waals surface area contributed by atoms with Gasteiger partial charge in [-0.2, -0.15) is 0 Å². The summed E-state index contributed by atoms with van der Waals surface area (Å²) in [5.41, 5.74) is 0.761. The second-order valence-corrected chi connectivity index (χ2v) is 7.35. The fourth-order valence-electron chi connectivity index (χ4n) is 3.04. The molecule has 0 bridgehead atoms. The van der Waals surface area contributed by atoms with E-state index in [2.05, 4.69) is 25.5 Å². The van der Waals surface area contributed by atoms with Crippen molar-refractivity contribution >= 4 is 22.3 Å². The van der Waals surface area contributed by atoms with Gasteiger partial charge in [0.15, 0.2) is 5.01 Å². The van der Waals surface area contributed by atoms with Crippen LogP contribution >= 0.6 is 11.3 Å². The molecular weight excluding hydrogens is 362 g/mol. The minimum atomic E-state index is 0.307. The van der Waals surface area contributed by atoms with Crippen molar-refractivity contribution in [3.05, 3.63) is 36.7 Å². The van der Waals surface area contributed by atoms with Gasteiger partial charge < -0.3 is 14.8 Å². The van der Waals surface area contributed by atoms with Gasteiger partial charge in [-0.15, -0.1) is 10.2 Å². The predicted octanol–water partition coefficient (Wildman–Crippen LogP) is 4.46. The van der Waals surface area contributed by atoms with Crippen molar-refractivity contribution in [2.24, 2.45) is 0 Å². The Labute approximate surface area is 161 Å². The van der Waals surface area contributed by atoms with Gasteiger partial charge in [-0.25, -0.2) is 4.98 Å². The lowest BCUT2D eigenvalue weighted by Crippen LogP contribution is -2.19. The molecule has 0 unspecified atom stereocenters. The Balaban J connectivity index is 1.44. The maximum atomic E-state index is 6.12. The van der Waals surface area contributed by atoms with Crippen LogP contribution in [0.15, 0.2) is 36.7 Å². The van der Waals surface area contributed by atoms with Crippen LogP contribution in [0.3, 0.4) is 0 Å². The van der Waals surface area contributed by atoms with Crippen LogP contribution < -0.4 is 14.8 Å². The van der Waals surface area contributed by atoms with Crippen molar-refractivity contribution < 1.29 is 9.47 Å². The highest BCUT2D eigenvalue weighted by Gasteiger charge is 2.16. The topological polar surface area (TPSA) is 82.0 Å². The molecule has 0 aliphatic heterocycles. The van der Waals surface area contributed by atoms with Crippen molar-refractivity contribution in [3.8, 4) is 22.2 Å². The Kier molecular flexibility index (Phi) is 5.43. The largest absolute Gasteiger partial charge is 0.495 e. The molecule has 0 radical (unpaired) electrons. The lowest BCUT2D eigenvalue weighted by atomic mass is 9.98. The summed E-state index contributed by atoms with van der Waals surface area (Å²) in [6.45, 7) is 0. The summed E-state index contributed by atoms with van der Waals surface area (Å²) >= 11 is 1.42. The zero-order valence-electron chi connectivity index (χ0n) is 15.1. The van der Waals surface area contributed by atoms with E-state index in [9.17, 15) is 0 Å². The summed E-state index contributed by atoms with van der Waals surface area (Å²) in [6.07, 6.45) is 9.76. The zero-order valence-corrected chi connectivity index (χ0v) is 15.9. The molecule has 1 aliphatic rings. The molecule has 1 aliphatic carbocycles. The van der Waals surface area contributed by atoms with Gasteiger partial charge in [-0.05, 0) is 43.9 Å². The highest BCUT2D eigenvalue weighted by molar-refractivity contribution is 7.18. The molecule has 0 saturated heterocycles. The number of methoxy groups -OCH3 is 1. The normalized spacial score (nSPS) is 14.7. The van der Waals surface area contributed by atoms with Crippen LogP contribution in [0, 0.1) is 0 Å². The van der Waals surface area contributed by atoms with E-state index in [0.717, 1.165) is 29.3 Å². The van der Waals surface area contributed by atoms with E-state index in [4.69, 9.17) is 9.47 Å². The molecule has 3 aromatic rings. The number of ether oxygens (including phenoxy) is 2. The van der Waals surface area contributed by atoms with Gasteiger partial charge in [0, 0.05) is 12.3 Å². The Morgan fingerprint density at radius 1 is 1.04 bits per heavy atom. The summed E-state index contributed by atoms with van der Waals surface area (Å²) in [6, 6.07) is 7.51. The number of hydrogen-bond acceptors (Lipinski definition) is 8. The number of nitrogens with one attached hydrogen (secondary N) is 1. The lowest BCUT2D eigenvalue weighted by Gasteiger charge is -2.22. The summed E-state index contributed by atoms with van der Waals surface area (Å²) in [5, 5.41) is 13.0. The first kappa shape index (κ1) is 17.7. The van der Waals surface area contributed by atoms with Crippen molar-refractivity contribution in [2.75, 3.05) is 12.4 Å². The maximum absolute atomic E-state index is 6.12. The molecule has 0 amide bonds. The van der Waals surface area contributed by atoms with Crippen LogP contribution in [0.5, 0.6) is 11.5 Å². The molecule has 1 fully saturated rings. The van der Waals surface area contributed by atoms with Crippen LogP contribution in [0.4, 0.5) is 10.9 Å². The monoisotopic (exact) mass is 383 g/mol. The van der Waals surface area contributed by atoms with E-state index in [1.807, 2.05) is 24.3 Å². The van der Waals surface area contributed by atoms with Gasteiger partial charge in [-0.1, -0.05) is 17.8 Å². The van der Waals surface area contributed by atoms with E-state index in [1.165, 1.54) is 30.6 Å². The van der Waals surface area contributed by atoms with Gasteiger partial charge in [-0.3, -0.25) is 4.98 Å². The molecule has 1 saturated carbocycles. The molecule has 3 aromatic heterocycles. The number of hydrogen-bond donors (Lipinski definition) is 1. The molecule has 1 N–H and O–H groups in total. The van der Waals surface area contributed by atoms with E-state index < -0.39 is 0 Å². The molecule has 0 aromatic carbocycles. The van der Waals surface area contributed by atoms with E-state index in [-0.39, 0.29) is 0 Å². The Bertz CT molecular complexity index is 878. The number of pyridine rings is 2. The second kappa shape index (κ2) is 8.30. The second-order valence-electron chi connectivity index (χ2n) is 6.38. The number of nitrogens with zero attached hydrogens (tertiary/aromatic N) is 4. The minimum Gasteiger partial charge on any atom is -0.495 e. The van der Waals surface area contributed by atoms with E-state index in [0.29, 0.717) is 22.8 Å². The third-order valence-electron chi connectivity index (χ3n) is 4.44. The summed E-state index contributed by atoms with van der Waals surface area (Å²) in [5.74, 6) is 2.23. The van der Waals surface area contributed by atoms with Gasteiger partial charge in [0.05, 0.1) is 19.4 Å². The van der Waals surface area contributed by atoms with Crippen LogP contribution in [0.25, 0.3) is 10.7 Å². The van der Waals surface area contributed by atoms with Gasteiger partial charge in [0.1, 0.15) is 23.0 Å². The molecular formula is C19H21N5O2S. The summed E-state index contributed by atoms with van der Waals surface area (Å²) < 4.78 is 11.2. The smallest absolute Gasteiger partial charge is 0.211 e. The maximum Gasteiger partial charge on any atom is 0.211 e. The molecule has 7 nitrogen and oxygen atoms in total. The Morgan fingerprint density at radius 3 is 2.70 bits per heavy atom. The Morgan fingerprint density at radius 2 is 1.93 bits per heavy atom. The molecule has 0 atom stereocenters. The fourth-order valence-corrected chi connectivity index (χ4v) is 3.76. The highest BCUT2D eigenvalue weighted by atomic mass is 32.1. The molecule has 8 heteroatoms. The predicted molar refractivity (Wildman–Crippen MR) is 105 cm³/mol. The van der Waals surface area contributed by atoms with Gasteiger partial charge in [0.25, 0.3) is 0 Å². The number of aromatic nitrogens is 4. The average Bonchev–Trinajstić information content (AvgIpc) is 3.18. The van der Waals surface area contributed by atoms with Gasteiger partial charge in [0.2, 0.25) is 5.13 Å². The van der Waals surface area contributed by atoms with Crippen LogP contribution in [-0.4, -0.2) is 33.4 Å². The van der Waals surface area contributed by atoms with Crippen molar-refractivity contribution in [1.29, 1.82) is 0 Å². The van der Waals surface area contributed by atoms with Crippen molar-refractivity contribution in [3.63, 3.8) is 0 Å². The molecule has 0 spiro atoms. The highest BCUT2D eigenvalue weighted by Crippen LogP contribution is 2.30. The molecule has 3 heterocycles. The first-order valence-electron chi connectivity index (χ1n) is 9.04. The number of anilines is 2. The lowest BCUT2D eigenvalue weighted by molar-refractivity contribution is 0.155. The van der Waals surface area contributed by atoms with E-state index >= 15 is 0 Å². The van der Waals surface area contributed by atoms with Crippen molar-refractivity contribution in [1.82, 2.24) is 20.2 Å². The van der Waals surface area contributed by atoms with Crippen LogP contribution in [-0.2, 0) is 0 Å². The zero-order chi connectivity index (χ0) is 18.5. The van der Waals surface area contributed by atoms with Crippen LogP contribution in [0.2, 0.25) is 0 Å². The third kappa shape index (κ3) is 4.51. The standard InChI is InChI=1S/C19H21N5O2S/c1-25-15-7-8-17(21-12-15)22-19-24-23-18(27-19)16-11-14(9-10-20-16)26-13-5-3-2-4-6-13/h7-13H,2-6H2,1H3,(H,21,22,24). The minimum absolute atomic E-state index is 0.307. The number of rotatable bonds is 6. The fraction of sp³-hybridized carbons (Fsp3) is 0.368. The SMILES string of the molecule is COc1ccc(Nc2nnc(-c3cc(OC4CCCCC4)ccn3)s2)nc1. The van der Waals surface area contributed by atoms with Crippen LogP contribution in [0.1, 0.15) is 32.1 Å². The van der Waals surface area contributed by atoms with Crippen molar-refractivity contribution in [2.45, 2.75) is 38.2 Å². The molecule has 140 valence electrons. The third-order valence-corrected chi connectivity index (χ3v) is 5.30. The molecule has 27 heavy (non-hydrogen) atoms.